The molecule has 0 bridgehead atoms. The molecule has 5 heteroatoms. The number of aryl methyl sites for hydroxylation is 1. The lowest BCUT2D eigenvalue weighted by atomic mass is 10.1. The summed E-state index contributed by atoms with van der Waals surface area (Å²) in [6.45, 7) is 1.98. The van der Waals surface area contributed by atoms with Crippen LogP contribution in [0, 0.1) is 6.92 Å². The van der Waals surface area contributed by atoms with E-state index in [-0.39, 0.29) is 29.5 Å². The fourth-order valence-corrected chi connectivity index (χ4v) is 4.53. The molecule has 1 saturated carbocycles. The first kappa shape index (κ1) is 13.6. The highest BCUT2D eigenvalue weighted by molar-refractivity contribution is 7.91. The van der Waals surface area contributed by atoms with Crippen LogP contribution < -0.4 is 0 Å². The van der Waals surface area contributed by atoms with Crippen molar-refractivity contribution in [3.63, 3.8) is 0 Å². The first-order valence-corrected chi connectivity index (χ1v) is 8.88. The Morgan fingerprint density at radius 1 is 1.10 bits per heavy atom. The van der Waals surface area contributed by atoms with Gasteiger partial charge in [0.1, 0.15) is 0 Å². The summed E-state index contributed by atoms with van der Waals surface area (Å²) in [6, 6.07) is 7.60. The summed E-state index contributed by atoms with van der Waals surface area (Å²) in [5.74, 6) is 0.318. The van der Waals surface area contributed by atoms with E-state index in [1.165, 1.54) is 0 Å². The summed E-state index contributed by atoms with van der Waals surface area (Å²) in [4.78, 5) is 14.5. The second-order valence-electron chi connectivity index (χ2n) is 5.87. The molecule has 0 aromatic heterocycles. The van der Waals surface area contributed by atoms with Gasteiger partial charge in [0, 0.05) is 17.6 Å². The van der Waals surface area contributed by atoms with Gasteiger partial charge in [0.25, 0.3) is 5.91 Å². The Hall–Kier alpha value is -1.36. The lowest BCUT2D eigenvalue weighted by molar-refractivity contribution is 0.0681. The average Bonchev–Trinajstić information content (AvgIpc) is 3.15. The summed E-state index contributed by atoms with van der Waals surface area (Å²) in [5.41, 5.74) is 1.77. The minimum absolute atomic E-state index is 0.0189. The zero-order valence-corrected chi connectivity index (χ0v) is 12.4. The van der Waals surface area contributed by atoms with Crippen LogP contribution in [0.15, 0.2) is 24.3 Å². The normalized spacial score (nSPS) is 24.6. The molecule has 0 spiro atoms. The lowest BCUT2D eigenvalue weighted by Crippen LogP contribution is -2.42. The molecule has 0 radical (unpaired) electrons. The van der Waals surface area contributed by atoms with E-state index in [4.69, 9.17) is 0 Å². The van der Waals surface area contributed by atoms with Gasteiger partial charge in [0.2, 0.25) is 0 Å². The summed E-state index contributed by atoms with van der Waals surface area (Å²) >= 11 is 0. The van der Waals surface area contributed by atoms with Gasteiger partial charge in [0.05, 0.1) is 11.5 Å². The Balaban J connectivity index is 1.84. The van der Waals surface area contributed by atoms with Gasteiger partial charge in [-0.2, -0.15) is 0 Å². The zero-order valence-electron chi connectivity index (χ0n) is 11.6. The van der Waals surface area contributed by atoms with Crippen molar-refractivity contribution in [2.75, 3.05) is 11.5 Å². The molecule has 1 aliphatic heterocycles. The Bertz CT molecular complexity index is 617. The van der Waals surface area contributed by atoms with Gasteiger partial charge in [-0.15, -0.1) is 0 Å². The van der Waals surface area contributed by atoms with Crippen molar-refractivity contribution in [2.24, 2.45) is 0 Å². The summed E-state index contributed by atoms with van der Waals surface area (Å²) < 4.78 is 23.3. The molecule has 1 unspecified atom stereocenters. The van der Waals surface area contributed by atoms with E-state index in [9.17, 15) is 13.2 Å². The van der Waals surface area contributed by atoms with Crippen LogP contribution in [0.4, 0.5) is 0 Å². The zero-order chi connectivity index (χ0) is 14.3. The monoisotopic (exact) mass is 293 g/mol. The lowest BCUT2D eigenvalue weighted by Gasteiger charge is -2.28. The van der Waals surface area contributed by atoms with Crippen molar-refractivity contribution >= 4 is 15.7 Å². The Kier molecular flexibility index (Phi) is 3.32. The standard InChI is InChI=1S/C15H19NO3S/c1-11-2-4-12(5-3-11)15(17)16(13-6-7-13)14-8-9-20(18,19)10-14/h2-5,13-14H,6-10H2,1H3. The number of hydrogen-bond acceptors (Lipinski definition) is 3. The van der Waals surface area contributed by atoms with E-state index >= 15 is 0 Å². The number of carbonyl (C=O) groups is 1. The molecule has 1 amide bonds. The van der Waals surface area contributed by atoms with E-state index in [2.05, 4.69) is 0 Å². The Morgan fingerprint density at radius 2 is 1.75 bits per heavy atom. The van der Waals surface area contributed by atoms with Gasteiger partial charge in [-0.1, -0.05) is 17.7 Å². The number of nitrogens with zero attached hydrogens (tertiary/aromatic N) is 1. The van der Waals surface area contributed by atoms with Crippen LogP contribution >= 0.6 is 0 Å². The molecule has 1 aliphatic carbocycles. The van der Waals surface area contributed by atoms with E-state index in [1.807, 2.05) is 36.1 Å². The maximum atomic E-state index is 12.7. The first-order valence-electron chi connectivity index (χ1n) is 7.06. The number of carbonyl (C=O) groups excluding carboxylic acids is 1. The smallest absolute Gasteiger partial charge is 0.254 e. The molecular weight excluding hydrogens is 274 g/mol. The van der Waals surface area contributed by atoms with Crippen LogP contribution in [0.1, 0.15) is 35.2 Å². The highest BCUT2D eigenvalue weighted by Crippen LogP contribution is 2.33. The second kappa shape index (κ2) is 4.88. The summed E-state index contributed by atoms with van der Waals surface area (Å²) in [5, 5.41) is 0. The number of hydrogen-bond donors (Lipinski definition) is 0. The predicted octanol–water partition coefficient (Wildman–Crippen LogP) is 1.79. The van der Waals surface area contributed by atoms with Gasteiger partial charge < -0.3 is 4.90 Å². The molecule has 1 saturated heterocycles. The summed E-state index contributed by atoms with van der Waals surface area (Å²) in [7, 11) is -2.96. The molecular formula is C15H19NO3S. The second-order valence-corrected chi connectivity index (χ2v) is 8.10. The first-order chi connectivity index (χ1) is 9.46. The quantitative estimate of drug-likeness (QED) is 0.853. The van der Waals surface area contributed by atoms with E-state index in [1.54, 1.807) is 0 Å². The van der Waals surface area contributed by atoms with Gasteiger partial charge in [-0.25, -0.2) is 8.42 Å². The maximum Gasteiger partial charge on any atom is 0.254 e. The van der Waals surface area contributed by atoms with Crippen LogP contribution in [0.2, 0.25) is 0 Å². The predicted molar refractivity (Wildman–Crippen MR) is 77.4 cm³/mol. The van der Waals surface area contributed by atoms with Crippen molar-refractivity contribution in [2.45, 2.75) is 38.3 Å². The van der Waals surface area contributed by atoms with Crippen LogP contribution in [0.5, 0.6) is 0 Å². The molecule has 20 heavy (non-hydrogen) atoms. The molecule has 4 nitrogen and oxygen atoms in total. The van der Waals surface area contributed by atoms with Gasteiger partial charge in [-0.05, 0) is 38.3 Å². The molecule has 2 fully saturated rings. The highest BCUT2D eigenvalue weighted by Gasteiger charge is 2.42. The minimum Gasteiger partial charge on any atom is -0.332 e. The molecule has 2 aliphatic rings. The van der Waals surface area contributed by atoms with Crippen LogP contribution in [0.25, 0.3) is 0 Å². The Labute approximate surface area is 119 Å². The third-order valence-electron chi connectivity index (χ3n) is 4.08. The van der Waals surface area contributed by atoms with E-state index in [0.717, 1.165) is 18.4 Å². The van der Waals surface area contributed by atoms with Crippen molar-refractivity contribution < 1.29 is 13.2 Å². The van der Waals surface area contributed by atoms with Crippen LogP contribution in [0.3, 0.4) is 0 Å². The van der Waals surface area contributed by atoms with E-state index in [0.29, 0.717) is 12.0 Å². The third kappa shape index (κ3) is 2.73. The van der Waals surface area contributed by atoms with Crippen molar-refractivity contribution in [1.29, 1.82) is 0 Å². The van der Waals surface area contributed by atoms with E-state index < -0.39 is 9.84 Å². The minimum atomic E-state index is -2.96. The number of sulfone groups is 1. The molecule has 1 atom stereocenters. The highest BCUT2D eigenvalue weighted by atomic mass is 32.2. The Morgan fingerprint density at radius 3 is 2.25 bits per heavy atom. The number of rotatable bonds is 3. The number of amides is 1. The van der Waals surface area contributed by atoms with Crippen molar-refractivity contribution in [1.82, 2.24) is 4.90 Å². The van der Waals surface area contributed by atoms with Crippen molar-refractivity contribution in [3.05, 3.63) is 35.4 Å². The molecule has 108 valence electrons. The maximum absolute atomic E-state index is 12.7. The fraction of sp³-hybridized carbons (Fsp3) is 0.533. The SMILES string of the molecule is Cc1ccc(C(=O)N(C2CC2)C2CCS(=O)(=O)C2)cc1. The molecule has 1 aromatic carbocycles. The largest absolute Gasteiger partial charge is 0.332 e. The van der Waals surface area contributed by atoms with Gasteiger partial charge in [0.15, 0.2) is 9.84 Å². The number of benzene rings is 1. The average molecular weight is 293 g/mol. The van der Waals surface area contributed by atoms with Crippen LogP contribution in [-0.4, -0.2) is 42.8 Å². The van der Waals surface area contributed by atoms with Crippen molar-refractivity contribution in [3.8, 4) is 0 Å². The molecule has 1 aromatic rings. The topological polar surface area (TPSA) is 54.5 Å². The van der Waals surface area contributed by atoms with Gasteiger partial charge in [-0.3, -0.25) is 4.79 Å². The summed E-state index contributed by atoms with van der Waals surface area (Å²) in [6.07, 6.45) is 2.57. The fourth-order valence-electron chi connectivity index (χ4n) is 2.82. The third-order valence-corrected chi connectivity index (χ3v) is 5.83. The molecule has 1 heterocycles. The molecule has 3 rings (SSSR count). The van der Waals surface area contributed by atoms with Crippen LogP contribution in [-0.2, 0) is 9.84 Å². The molecule has 0 N–H and O–H groups in total. The van der Waals surface area contributed by atoms with Gasteiger partial charge >= 0.3 is 0 Å².